The highest BCUT2D eigenvalue weighted by atomic mass is 28.4. The van der Waals surface area contributed by atoms with Crippen molar-refractivity contribution in [1.82, 2.24) is 0 Å². The van der Waals surface area contributed by atoms with Gasteiger partial charge in [0.2, 0.25) is 0 Å². The molecule has 0 heterocycles. The lowest BCUT2D eigenvalue weighted by Crippen LogP contribution is -2.46. The predicted molar refractivity (Wildman–Crippen MR) is 121 cm³/mol. The Bertz CT molecular complexity index is 761. The van der Waals surface area contributed by atoms with E-state index in [2.05, 4.69) is 103 Å². The number of hydrogen-bond acceptors (Lipinski definition) is 2. The van der Waals surface area contributed by atoms with Crippen molar-refractivity contribution in [3.05, 3.63) is 108 Å². The molecule has 3 aromatic rings. The zero-order valence-corrected chi connectivity index (χ0v) is 17.8. The van der Waals surface area contributed by atoms with E-state index in [1.807, 2.05) is 6.92 Å². The van der Waals surface area contributed by atoms with Crippen molar-refractivity contribution in [2.24, 2.45) is 5.16 Å². The van der Waals surface area contributed by atoms with Gasteiger partial charge in [-0.2, -0.15) is 0 Å². The van der Waals surface area contributed by atoms with Crippen LogP contribution < -0.4 is 0 Å². The fourth-order valence-corrected chi connectivity index (χ4v) is 7.28. The lowest BCUT2D eigenvalue weighted by atomic mass is 10.2. The Hall–Kier alpha value is -2.65. The van der Waals surface area contributed by atoms with Crippen molar-refractivity contribution in [1.29, 1.82) is 0 Å². The molecule has 0 amide bonds. The van der Waals surface area contributed by atoms with Gasteiger partial charge >= 0.3 is 0 Å². The Morgan fingerprint density at radius 3 is 1.36 bits per heavy atom. The average Bonchev–Trinajstić information content (AvgIpc) is 2.74. The predicted octanol–water partition coefficient (Wildman–Crippen LogP) is 6.08. The van der Waals surface area contributed by atoms with E-state index >= 15 is 0 Å². The van der Waals surface area contributed by atoms with Gasteiger partial charge in [0, 0.05) is 18.1 Å². The minimum absolute atomic E-state index is 0.909. The fraction of sp³-hybridized carbons (Fsp3) is 0.240. The summed E-state index contributed by atoms with van der Waals surface area (Å²) in [5.41, 5.74) is 5.02. The first-order valence-electron chi connectivity index (χ1n) is 10.0. The fourth-order valence-electron chi connectivity index (χ4n) is 3.43. The molecule has 3 aromatic carbocycles. The maximum Gasteiger partial charge on any atom is 0.300 e. The third-order valence-electron chi connectivity index (χ3n) is 5.01. The second-order valence-electron chi connectivity index (χ2n) is 7.44. The Kier molecular flexibility index (Phi) is 7.21. The molecule has 28 heavy (non-hydrogen) atoms. The highest BCUT2D eigenvalue weighted by Crippen LogP contribution is 2.24. The number of oxime groups is 1. The summed E-state index contributed by atoms with van der Waals surface area (Å²) in [5, 5.41) is 4.58. The van der Waals surface area contributed by atoms with Crippen LogP contribution in [0, 0.1) is 0 Å². The van der Waals surface area contributed by atoms with Crippen LogP contribution in [0.5, 0.6) is 0 Å². The molecule has 0 aliphatic carbocycles. The first kappa shape index (κ1) is 20.1. The van der Waals surface area contributed by atoms with Crippen LogP contribution in [0.15, 0.2) is 96.2 Å². The van der Waals surface area contributed by atoms with Gasteiger partial charge < -0.3 is 4.53 Å². The summed E-state index contributed by atoms with van der Waals surface area (Å²) in [6, 6.07) is 34.9. The number of nitrogens with zero attached hydrogens (tertiary/aromatic N) is 1. The molecule has 0 bridgehead atoms. The summed E-state index contributed by atoms with van der Waals surface area (Å²) < 4.78 is 6.52. The maximum atomic E-state index is 6.52. The van der Waals surface area contributed by atoms with Crippen LogP contribution in [0.4, 0.5) is 0 Å². The third-order valence-corrected chi connectivity index (χ3v) is 8.65. The van der Waals surface area contributed by atoms with E-state index in [1.165, 1.54) is 16.7 Å². The van der Waals surface area contributed by atoms with Gasteiger partial charge in [0.15, 0.2) is 0 Å². The highest BCUT2D eigenvalue weighted by molar-refractivity contribution is 6.72. The lowest BCUT2D eigenvalue weighted by Gasteiger charge is -2.30. The van der Waals surface area contributed by atoms with Crippen LogP contribution >= 0.6 is 0 Å². The van der Waals surface area contributed by atoms with Gasteiger partial charge in [-0.1, -0.05) is 97.9 Å². The molecule has 0 aromatic heterocycles. The SMILES string of the molecule is CC/C(C)=N/O[Si](Cc1ccccc1)(Cc1ccccc1)Cc1ccccc1. The molecule has 2 nitrogen and oxygen atoms in total. The van der Waals surface area contributed by atoms with Crippen LogP contribution in [-0.2, 0) is 22.7 Å². The van der Waals surface area contributed by atoms with Crippen molar-refractivity contribution < 1.29 is 4.53 Å². The van der Waals surface area contributed by atoms with E-state index in [-0.39, 0.29) is 0 Å². The molecule has 144 valence electrons. The summed E-state index contributed by atoms with van der Waals surface area (Å²) in [5.74, 6) is 0. The molecular formula is C25H29NOSi. The van der Waals surface area contributed by atoms with E-state index in [0.717, 1.165) is 30.3 Å². The van der Waals surface area contributed by atoms with Crippen molar-refractivity contribution >= 4 is 14.0 Å². The Balaban J connectivity index is 2.00. The first-order valence-corrected chi connectivity index (χ1v) is 12.6. The van der Waals surface area contributed by atoms with E-state index in [9.17, 15) is 0 Å². The molecule has 3 heteroatoms. The zero-order valence-electron chi connectivity index (χ0n) is 16.8. The minimum Gasteiger partial charge on any atom is -0.454 e. The molecule has 0 fully saturated rings. The second-order valence-corrected chi connectivity index (χ2v) is 11.1. The highest BCUT2D eigenvalue weighted by Gasteiger charge is 2.39. The molecule has 0 aliphatic rings. The number of benzene rings is 3. The van der Waals surface area contributed by atoms with Gasteiger partial charge in [-0.05, 0) is 30.0 Å². The van der Waals surface area contributed by atoms with Gasteiger partial charge in [0.25, 0.3) is 8.32 Å². The largest absolute Gasteiger partial charge is 0.454 e. The standard InChI is InChI=1S/C25H29NOSi/c1-3-22(2)26-27-28(19-23-13-7-4-8-14-23,20-24-15-9-5-10-16-24)21-25-17-11-6-12-18-25/h4-18H,3,19-21H2,1-2H3/b26-22+. The topological polar surface area (TPSA) is 21.6 Å². The first-order chi connectivity index (χ1) is 13.7. The van der Waals surface area contributed by atoms with Crippen molar-refractivity contribution in [2.75, 3.05) is 0 Å². The second kappa shape index (κ2) is 10.0. The maximum absolute atomic E-state index is 6.52. The average molecular weight is 388 g/mol. The molecule has 0 spiro atoms. The van der Waals surface area contributed by atoms with Crippen molar-refractivity contribution in [3.63, 3.8) is 0 Å². The van der Waals surface area contributed by atoms with Gasteiger partial charge in [0.1, 0.15) is 0 Å². The molecule has 0 atom stereocenters. The summed E-state index contributed by atoms with van der Waals surface area (Å²) in [6.45, 7) is 4.17. The van der Waals surface area contributed by atoms with Crippen LogP contribution in [0.1, 0.15) is 37.0 Å². The van der Waals surface area contributed by atoms with E-state index in [4.69, 9.17) is 4.53 Å². The van der Waals surface area contributed by atoms with Crippen molar-refractivity contribution in [3.8, 4) is 0 Å². The molecule has 0 saturated carbocycles. The molecule has 3 rings (SSSR count). The minimum atomic E-state index is -2.28. The Morgan fingerprint density at radius 1 is 0.679 bits per heavy atom. The molecular weight excluding hydrogens is 358 g/mol. The zero-order chi connectivity index (χ0) is 19.7. The summed E-state index contributed by atoms with van der Waals surface area (Å²) in [6.07, 6.45) is 0.909. The Labute approximate surface area is 170 Å². The normalized spacial score (nSPS) is 12.0. The van der Waals surface area contributed by atoms with Crippen LogP contribution in [-0.4, -0.2) is 14.0 Å². The molecule has 0 radical (unpaired) electrons. The van der Waals surface area contributed by atoms with Gasteiger partial charge in [-0.3, -0.25) is 0 Å². The van der Waals surface area contributed by atoms with Crippen LogP contribution in [0.3, 0.4) is 0 Å². The number of rotatable bonds is 9. The molecule has 0 saturated heterocycles. The van der Waals surface area contributed by atoms with Crippen LogP contribution in [0.25, 0.3) is 0 Å². The van der Waals surface area contributed by atoms with Gasteiger partial charge in [-0.25, -0.2) is 0 Å². The van der Waals surface area contributed by atoms with E-state index in [1.54, 1.807) is 0 Å². The summed E-state index contributed by atoms with van der Waals surface area (Å²) in [4.78, 5) is 0. The molecule has 0 N–H and O–H groups in total. The van der Waals surface area contributed by atoms with E-state index < -0.39 is 8.32 Å². The lowest BCUT2D eigenvalue weighted by molar-refractivity contribution is 0.315. The quantitative estimate of drug-likeness (QED) is 0.248. The summed E-state index contributed by atoms with van der Waals surface area (Å²) >= 11 is 0. The van der Waals surface area contributed by atoms with Crippen molar-refractivity contribution in [2.45, 2.75) is 38.4 Å². The Morgan fingerprint density at radius 2 is 1.04 bits per heavy atom. The molecule has 0 aliphatic heterocycles. The molecule has 0 unspecified atom stereocenters. The third kappa shape index (κ3) is 5.93. The number of hydrogen-bond donors (Lipinski definition) is 0. The monoisotopic (exact) mass is 387 g/mol. The van der Waals surface area contributed by atoms with E-state index in [0.29, 0.717) is 0 Å². The summed E-state index contributed by atoms with van der Waals surface area (Å²) in [7, 11) is -2.28. The van der Waals surface area contributed by atoms with Gasteiger partial charge in [-0.15, -0.1) is 5.16 Å². The van der Waals surface area contributed by atoms with Crippen LogP contribution in [0.2, 0.25) is 0 Å². The smallest absolute Gasteiger partial charge is 0.300 e. The van der Waals surface area contributed by atoms with Gasteiger partial charge in [0.05, 0.1) is 5.71 Å².